The Morgan fingerprint density at radius 1 is 1.38 bits per heavy atom. The highest BCUT2D eigenvalue weighted by atomic mass is 19.1. The van der Waals surface area contributed by atoms with Crippen molar-refractivity contribution in [3.05, 3.63) is 52.9 Å². The molecule has 2 N–H and O–H groups in total. The van der Waals surface area contributed by atoms with Crippen LogP contribution in [-0.4, -0.2) is 30.9 Å². The molecule has 3 rings (SSSR count). The van der Waals surface area contributed by atoms with E-state index < -0.39 is 0 Å². The molecule has 0 saturated carbocycles. The zero-order valence-corrected chi connectivity index (χ0v) is 14.0. The second-order valence-electron chi connectivity index (χ2n) is 6.28. The van der Waals surface area contributed by atoms with Crippen molar-refractivity contribution in [1.29, 1.82) is 0 Å². The summed E-state index contributed by atoms with van der Waals surface area (Å²) in [5, 5.41) is 6.00. The number of nitrogens with zero attached hydrogens (tertiary/aromatic N) is 1. The number of nitrogens with one attached hydrogen (secondary N) is 2. The van der Waals surface area contributed by atoms with Crippen LogP contribution in [0.3, 0.4) is 0 Å². The van der Waals surface area contributed by atoms with Crippen molar-refractivity contribution in [1.82, 2.24) is 10.6 Å². The standard InChI is InChI=1S/C19H22FN3O/c1-12-3-4-13(2)22-18(12)23-19(24)15-5-6-16(17(20)11-15)14-7-9-21-10-8-14/h3,5-7,11,13,21H,4,8-10H2,1-2H3,(H,22,23,24). The first kappa shape index (κ1) is 16.6. The van der Waals surface area contributed by atoms with Crippen molar-refractivity contribution in [3.63, 3.8) is 0 Å². The molecule has 0 spiro atoms. The zero-order valence-electron chi connectivity index (χ0n) is 14.0. The minimum atomic E-state index is -0.359. The van der Waals surface area contributed by atoms with Crippen LogP contribution in [0, 0.1) is 5.82 Å². The lowest BCUT2D eigenvalue weighted by atomic mass is 9.98. The summed E-state index contributed by atoms with van der Waals surface area (Å²) in [6.45, 7) is 5.51. The normalized spacial score (nSPS) is 20.8. The van der Waals surface area contributed by atoms with Crippen molar-refractivity contribution in [2.24, 2.45) is 4.99 Å². The third kappa shape index (κ3) is 3.62. The predicted octanol–water partition coefficient (Wildman–Crippen LogP) is 3.07. The van der Waals surface area contributed by atoms with Crippen LogP contribution in [0.4, 0.5) is 4.39 Å². The van der Waals surface area contributed by atoms with E-state index in [9.17, 15) is 9.18 Å². The van der Waals surface area contributed by atoms with Crippen LogP contribution < -0.4 is 10.6 Å². The minimum absolute atomic E-state index is 0.148. The number of rotatable bonds is 2. The van der Waals surface area contributed by atoms with Gasteiger partial charge in [0.15, 0.2) is 0 Å². The van der Waals surface area contributed by atoms with E-state index in [1.807, 2.05) is 19.9 Å². The Kier molecular flexibility index (Phi) is 4.90. The van der Waals surface area contributed by atoms with Crippen molar-refractivity contribution in [3.8, 4) is 0 Å². The van der Waals surface area contributed by atoms with E-state index in [0.29, 0.717) is 17.0 Å². The van der Waals surface area contributed by atoms with Gasteiger partial charge >= 0.3 is 0 Å². The van der Waals surface area contributed by atoms with Gasteiger partial charge in [0.2, 0.25) is 0 Å². The molecule has 1 aromatic carbocycles. The summed E-state index contributed by atoms with van der Waals surface area (Å²) >= 11 is 0. The van der Waals surface area contributed by atoms with Gasteiger partial charge in [0.05, 0.1) is 6.04 Å². The van der Waals surface area contributed by atoms with Crippen LogP contribution in [0.15, 0.2) is 40.9 Å². The van der Waals surface area contributed by atoms with Crippen LogP contribution in [0.1, 0.15) is 42.6 Å². The van der Waals surface area contributed by atoms with Gasteiger partial charge in [-0.3, -0.25) is 9.79 Å². The van der Waals surface area contributed by atoms with E-state index >= 15 is 0 Å². The fourth-order valence-electron chi connectivity index (χ4n) is 2.91. The van der Waals surface area contributed by atoms with E-state index in [0.717, 1.165) is 37.1 Å². The number of carbonyl (C=O) groups excluding carboxylic acids is 1. The molecule has 1 amide bonds. The first-order valence-electron chi connectivity index (χ1n) is 8.30. The number of hydrogen-bond donors (Lipinski definition) is 2. The lowest BCUT2D eigenvalue weighted by Crippen LogP contribution is -2.33. The first-order valence-corrected chi connectivity index (χ1v) is 8.30. The number of hydrogen-bond acceptors (Lipinski definition) is 3. The lowest BCUT2D eigenvalue weighted by molar-refractivity contribution is 0.0976. The molecule has 0 aliphatic carbocycles. The highest BCUT2D eigenvalue weighted by Gasteiger charge is 2.17. The maximum atomic E-state index is 14.4. The largest absolute Gasteiger partial charge is 0.313 e. The van der Waals surface area contributed by atoms with Gasteiger partial charge in [-0.1, -0.05) is 18.2 Å². The highest BCUT2D eigenvalue weighted by Crippen LogP contribution is 2.23. The van der Waals surface area contributed by atoms with Gasteiger partial charge in [-0.2, -0.15) is 0 Å². The third-order valence-electron chi connectivity index (χ3n) is 4.36. The Morgan fingerprint density at radius 2 is 2.21 bits per heavy atom. The number of halogens is 1. The van der Waals surface area contributed by atoms with E-state index in [2.05, 4.69) is 21.7 Å². The van der Waals surface area contributed by atoms with Crippen LogP contribution >= 0.6 is 0 Å². The smallest absolute Gasteiger partial charge is 0.256 e. The van der Waals surface area contributed by atoms with Crippen molar-refractivity contribution >= 4 is 17.3 Å². The Hall–Kier alpha value is -2.27. The Morgan fingerprint density at radius 3 is 2.92 bits per heavy atom. The SMILES string of the molecule is CC1=CCC(C)N=C1NC(=O)c1ccc(C2=CCNCC2)c(F)c1. The molecular formula is C19H22FN3O. The van der Waals surface area contributed by atoms with E-state index in [-0.39, 0.29) is 17.8 Å². The predicted molar refractivity (Wildman–Crippen MR) is 94.6 cm³/mol. The molecule has 24 heavy (non-hydrogen) atoms. The summed E-state index contributed by atoms with van der Waals surface area (Å²) in [5.74, 6) is -0.119. The number of dihydropyridines is 1. The fraction of sp³-hybridized carbons (Fsp3) is 0.368. The summed E-state index contributed by atoms with van der Waals surface area (Å²) in [5.41, 5.74) is 2.81. The maximum absolute atomic E-state index is 14.4. The van der Waals surface area contributed by atoms with Gasteiger partial charge in [-0.25, -0.2) is 4.39 Å². The molecule has 0 fully saturated rings. The first-order chi connectivity index (χ1) is 11.5. The molecule has 1 aromatic rings. The number of amidine groups is 1. The molecule has 0 saturated heterocycles. The second kappa shape index (κ2) is 7.09. The van der Waals surface area contributed by atoms with E-state index in [1.165, 1.54) is 6.07 Å². The molecule has 2 heterocycles. The average Bonchev–Trinajstić information content (AvgIpc) is 2.59. The Bertz CT molecular complexity index is 749. The van der Waals surface area contributed by atoms with Gasteiger partial charge in [0.1, 0.15) is 11.7 Å². The summed E-state index contributed by atoms with van der Waals surface area (Å²) in [6, 6.07) is 4.81. The third-order valence-corrected chi connectivity index (χ3v) is 4.36. The highest BCUT2D eigenvalue weighted by molar-refractivity contribution is 6.12. The van der Waals surface area contributed by atoms with Gasteiger partial charge in [0, 0.05) is 17.7 Å². The molecule has 2 aliphatic heterocycles. The quantitative estimate of drug-likeness (QED) is 0.877. The molecule has 1 unspecified atom stereocenters. The molecular weight excluding hydrogens is 305 g/mol. The maximum Gasteiger partial charge on any atom is 0.256 e. The van der Waals surface area contributed by atoms with Gasteiger partial charge in [0.25, 0.3) is 5.91 Å². The van der Waals surface area contributed by atoms with Crippen LogP contribution in [0.5, 0.6) is 0 Å². The lowest BCUT2D eigenvalue weighted by Gasteiger charge is -2.18. The molecule has 1 atom stereocenters. The van der Waals surface area contributed by atoms with Crippen LogP contribution in [0.2, 0.25) is 0 Å². The van der Waals surface area contributed by atoms with E-state index in [1.54, 1.807) is 12.1 Å². The monoisotopic (exact) mass is 327 g/mol. The van der Waals surface area contributed by atoms with Crippen LogP contribution in [-0.2, 0) is 0 Å². The molecule has 126 valence electrons. The molecule has 0 aromatic heterocycles. The number of amides is 1. The van der Waals surface area contributed by atoms with Crippen molar-refractivity contribution in [2.45, 2.75) is 32.7 Å². The van der Waals surface area contributed by atoms with Crippen molar-refractivity contribution in [2.75, 3.05) is 13.1 Å². The van der Waals surface area contributed by atoms with Crippen molar-refractivity contribution < 1.29 is 9.18 Å². The zero-order chi connectivity index (χ0) is 17.1. The number of benzene rings is 1. The topological polar surface area (TPSA) is 53.5 Å². The summed E-state index contributed by atoms with van der Waals surface area (Å²) in [6.07, 6.45) is 5.72. The van der Waals surface area contributed by atoms with Crippen LogP contribution in [0.25, 0.3) is 5.57 Å². The minimum Gasteiger partial charge on any atom is -0.313 e. The molecule has 5 heteroatoms. The molecule has 2 aliphatic rings. The van der Waals surface area contributed by atoms with E-state index in [4.69, 9.17) is 0 Å². The molecule has 0 radical (unpaired) electrons. The summed E-state index contributed by atoms with van der Waals surface area (Å²) < 4.78 is 14.4. The Balaban J connectivity index is 1.77. The fourth-order valence-corrected chi connectivity index (χ4v) is 2.91. The summed E-state index contributed by atoms with van der Waals surface area (Å²) in [7, 11) is 0. The summed E-state index contributed by atoms with van der Waals surface area (Å²) in [4.78, 5) is 16.8. The van der Waals surface area contributed by atoms with Gasteiger partial charge in [-0.15, -0.1) is 0 Å². The second-order valence-corrected chi connectivity index (χ2v) is 6.28. The molecule has 0 bridgehead atoms. The number of carbonyl (C=O) groups is 1. The molecule has 4 nitrogen and oxygen atoms in total. The Labute approximate surface area is 141 Å². The van der Waals surface area contributed by atoms with Gasteiger partial charge < -0.3 is 10.6 Å². The average molecular weight is 327 g/mol. The van der Waals surface area contributed by atoms with Gasteiger partial charge in [-0.05, 0) is 56.5 Å². The number of aliphatic imine (C=N–C) groups is 1.